The van der Waals surface area contributed by atoms with Crippen molar-refractivity contribution in [3.8, 4) is 0 Å². The molecule has 0 bridgehead atoms. The number of ether oxygens (including phenoxy) is 1. The second kappa shape index (κ2) is 5.42. The standard InChI is InChI=1S/C12H19N3O2/c1-10-3-4-12(16)15(13-10)9-11-7-14(8-11)5-6-17-2/h3-4,11H,5-9H2,1-2H3. The van der Waals surface area contributed by atoms with E-state index in [-0.39, 0.29) is 5.56 Å². The first kappa shape index (κ1) is 12.3. The Morgan fingerprint density at radius 3 is 2.94 bits per heavy atom. The van der Waals surface area contributed by atoms with Crippen LogP contribution in [0.25, 0.3) is 0 Å². The lowest BCUT2D eigenvalue weighted by molar-refractivity contribution is 0.0540. The zero-order chi connectivity index (χ0) is 12.3. The Balaban J connectivity index is 1.83. The largest absolute Gasteiger partial charge is 0.383 e. The van der Waals surface area contributed by atoms with Gasteiger partial charge in [-0.1, -0.05) is 0 Å². The Kier molecular flexibility index (Phi) is 3.91. The molecule has 0 spiro atoms. The molecule has 1 fully saturated rings. The molecule has 1 aromatic rings. The summed E-state index contributed by atoms with van der Waals surface area (Å²) in [5.41, 5.74) is 0.881. The van der Waals surface area contributed by atoms with Gasteiger partial charge in [0.1, 0.15) is 0 Å². The van der Waals surface area contributed by atoms with Gasteiger partial charge in [-0.2, -0.15) is 5.10 Å². The molecular formula is C12H19N3O2. The zero-order valence-corrected chi connectivity index (χ0v) is 10.4. The summed E-state index contributed by atoms with van der Waals surface area (Å²) in [7, 11) is 1.72. The third-order valence-electron chi connectivity index (χ3n) is 3.08. The highest BCUT2D eigenvalue weighted by atomic mass is 16.5. The van der Waals surface area contributed by atoms with Gasteiger partial charge in [0.25, 0.3) is 5.56 Å². The summed E-state index contributed by atoms with van der Waals surface area (Å²) >= 11 is 0. The van der Waals surface area contributed by atoms with Crippen LogP contribution >= 0.6 is 0 Å². The monoisotopic (exact) mass is 237 g/mol. The Morgan fingerprint density at radius 2 is 2.24 bits per heavy atom. The molecular weight excluding hydrogens is 218 g/mol. The Labute approximate surface area is 101 Å². The van der Waals surface area contributed by atoms with Crippen molar-refractivity contribution in [2.45, 2.75) is 13.5 Å². The molecule has 0 saturated carbocycles. The molecule has 0 radical (unpaired) electrons. The molecule has 0 unspecified atom stereocenters. The van der Waals surface area contributed by atoms with Crippen LogP contribution < -0.4 is 5.56 Å². The van der Waals surface area contributed by atoms with Gasteiger partial charge in [-0.25, -0.2) is 4.68 Å². The number of aryl methyl sites for hydroxylation is 1. The topological polar surface area (TPSA) is 47.4 Å². The summed E-state index contributed by atoms with van der Waals surface area (Å²) < 4.78 is 6.60. The minimum absolute atomic E-state index is 0.00839. The van der Waals surface area contributed by atoms with Crippen LogP contribution in [-0.2, 0) is 11.3 Å². The first-order valence-corrected chi connectivity index (χ1v) is 5.95. The summed E-state index contributed by atoms with van der Waals surface area (Å²) in [6.45, 7) is 6.45. The predicted octanol–water partition coefficient (Wildman–Crippen LogP) is 0.130. The van der Waals surface area contributed by atoms with E-state index in [1.54, 1.807) is 23.9 Å². The van der Waals surface area contributed by atoms with Crippen LogP contribution in [0.2, 0.25) is 0 Å². The molecule has 1 saturated heterocycles. The molecule has 1 aromatic heterocycles. The van der Waals surface area contributed by atoms with Gasteiger partial charge in [0.2, 0.25) is 0 Å². The number of likely N-dealkylation sites (tertiary alicyclic amines) is 1. The normalized spacial score (nSPS) is 17.1. The van der Waals surface area contributed by atoms with E-state index in [1.165, 1.54) is 0 Å². The van der Waals surface area contributed by atoms with Crippen molar-refractivity contribution >= 4 is 0 Å². The molecule has 0 amide bonds. The lowest BCUT2D eigenvalue weighted by Gasteiger charge is -2.39. The molecule has 5 nitrogen and oxygen atoms in total. The quantitative estimate of drug-likeness (QED) is 0.730. The lowest BCUT2D eigenvalue weighted by atomic mass is 10.0. The zero-order valence-electron chi connectivity index (χ0n) is 10.4. The second-order valence-electron chi connectivity index (χ2n) is 4.61. The first-order chi connectivity index (χ1) is 8.19. The van der Waals surface area contributed by atoms with Gasteiger partial charge in [0.05, 0.1) is 18.8 Å². The van der Waals surface area contributed by atoms with Crippen molar-refractivity contribution in [3.05, 3.63) is 28.2 Å². The van der Waals surface area contributed by atoms with Gasteiger partial charge in [0, 0.05) is 38.7 Å². The maximum atomic E-state index is 11.6. The molecule has 17 heavy (non-hydrogen) atoms. The molecule has 94 valence electrons. The van der Waals surface area contributed by atoms with Crippen LogP contribution in [0.15, 0.2) is 16.9 Å². The van der Waals surface area contributed by atoms with E-state index in [2.05, 4.69) is 10.00 Å². The minimum atomic E-state index is -0.00839. The average molecular weight is 237 g/mol. The Hall–Kier alpha value is -1.20. The van der Waals surface area contributed by atoms with E-state index in [9.17, 15) is 4.79 Å². The SMILES string of the molecule is COCCN1CC(Cn2nc(C)ccc2=O)C1. The van der Waals surface area contributed by atoms with Crippen LogP contribution in [0.5, 0.6) is 0 Å². The van der Waals surface area contributed by atoms with Crippen molar-refractivity contribution in [2.75, 3.05) is 33.4 Å². The minimum Gasteiger partial charge on any atom is -0.383 e. The maximum Gasteiger partial charge on any atom is 0.266 e. The number of hydrogen-bond donors (Lipinski definition) is 0. The number of hydrogen-bond acceptors (Lipinski definition) is 4. The van der Waals surface area contributed by atoms with Gasteiger partial charge in [-0.15, -0.1) is 0 Å². The molecule has 0 aromatic carbocycles. The maximum absolute atomic E-state index is 11.6. The number of methoxy groups -OCH3 is 1. The number of nitrogens with zero attached hydrogens (tertiary/aromatic N) is 3. The molecule has 5 heteroatoms. The lowest BCUT2D eigenvalue weighted by Crippen LogP contribution is -2.50. The van der Waals surface area contributed by atoms with Crippen molar-refractivity contribution in [2.24, 2.45) is 5.92 Å². The van der Waals surface area contributed by atoms with Crippen LogP contribution in [0.4, 0.5) is 0 Å². The first-order valence-electron chi connectivity index (χ1n) is 5.95. The van der Waals surface area contributed by atoms with Gasteiger partial charge in [0.15, 0.2) is 0 Å². The van der Waals surface area contributed by atoms with E-state index in [1.807, 2.05) is 6.92 Å². The van der Waals surface area contributed by atoms with E-state index >= 15 is 0 Å². The number of aromatic nitrogens is 2. The van der Waals surface area contributed by atoms with Gasteiger partial charge in [-0.05, 0) is 13.0 Å². The Morgan fingerprint density at radius 1 is 1.47 bits per heavy atom. The van der Waals surface area contributed by atoms with Gasteiger partial charge >= 0.3 is 0 Å². The van der Waals surface area contributed by atoms with Crippen LogP contribution in [0.1, 0.15) is 5.69 Å². The molecule has 0 aliphatic carbocycles. The summed E-state index contributed by atoms with van der Waals surface area (Å²) in [6, 6.07) is 3.34. The Bertz CT molecular complexity index is 424. The fourth-order valence-corrected chi connectivity index (χ4v) is 2.12. The highest BCUT2D eigenvalue weighted by Crippen LogP contribution is 2.15. The summed E-state index contributed by atoms with van der Waals surface area (Å²) in [5.74, 6) is 0.541. The molecule has 2 rings (SSSR count). The smallest absolute Gasteiger partial charge is 0.266 e. The van der Waals surface area contributed by atoms with Crippen LogP contribution in [0.3, 0.4) is 0 Å². The van der Waals surface area contributed by atoms with Gasteiger partial charge < -0.3 is 9.64 Å². The fourth-order valence-electron chi connectivity index (χ4n) is 2.12. The van der Waals surface area contributed by atoms with E-state index in [4.69, 9.17) is 4.74 Å². The van der Waals surface area contributed by atoms with Crippen molar-refractivity contribution in [1.29, 1.82) is 0 Å². The number of rotatable bonds is 5. The van der Waals surface area contributed by atoms with E-state index < -0.39 is 0 Å². The van der Waals surface area contributed by atoms with Crippen LogP contribution in [-0.4, -0.2) is 48.0 Å². The van der Waals surface area contributed by atoms with Crippen molar-refractivity contribution in [1.82, 2.24) is 14.7 Å². The highest BCUT2D eigenvalue weighted by molar-refractivity contribution is 4.97. The third-order valence-corrected chi connectivity index (χ3v) is 3.08. The molecule has 2 heterocycles. The molecule has 0 atom stereocenters. The summed E-state index contributed by atoms with van der Waals surface area (Å²) in [5, 5.41) is 4.24. The molecule has 1 aliphatic rings. The summed E-state index contributed by atoms with van der Waals surface area (Å²) in [6.07, 6.45) is 0. The van der Waals surface area contributed by atoms with Crippen molar-refractivity contribution < 1.29 is 4.74 Å². The second-order valence-corrected chi connectivity index (χ2v) is 4.61. The van der Waals surface area contributed by atoms with Crippen LogP contribution in [0, 0.1) is 12.8 Å². The average Bonchev–Trinajstić information content (AvgIpc) is 2.26. The van der Waals surface area contributed by atoms with Gasteiger partial charge in [-0.3, -0.25) is 4.79 Å². The summed E-state index contributed by atoms with van der Waals surface area (Å²) in [4.78, 5) is 13.9. The van der Waals surface area contributed by atoms with Crippen molar-refractivity contribution in [3.63, 3.8) is 0 Å². The van der Waals surface area contributed by atoms with E-state index in [0.29, 0.717) is 5.92 Å². The fraction of sp³-hybridized carbons (Fsp3) is 0.667. The third kappa shape index (κ3) is 3.14. The van der Waals surface area contributed by atoms with E-state index in [0.717, 1.165) is 38.5 Å². The predicted molar refractivity (Wildman–Crippen MR) is 65.0 cm³/mol. The molecule has 0 N–H and O–H groups in total. The highest BCUT2D eigenvalue weighted by Gasteiger charge is 2.26. The molecule has 1 aliphatic heterocycles.